The van der Waals surface area contributed by atoms with Gasteiger partial charge in [0.25, 0.3) is 0 Å². The van der Waals surface area contributed by atoms with Crippen LogP contribution < -0.4 is 0 Å². The lowest BCUT2D eigenvalue weighted by atomic mass is 9.95. The second-order valence-corrected chi connectivity index (χ2v) is 5.61. The topological polar surface area (TPSA) is 38.0 Å². The van der Waals surface area contributed by atoms with Crippen LogP contribution in [0.3, 0.4) is 0 Å². The molecule has 1 N–H and O–H groups in total. The first kappa shape index (κ1) is 14.8. The van der Waals surface area contributed by atoms with Crippen LogP contribution in [0.2, 0.25) is 0 Å². The smallest absolute Gasteiger partial charge is 0.0847 e. The fourth-order valence-corrected chi connectivity index (χ4v) is 2.69. The maximum absolute atomic E-state index is 10.6. The minimum absolute atomic E-state index is 0.476. The molecular weight excluding hydrogens is 248 g/mol. The van der Waals surface area contributed by atoms with Crippen molar-refractivity contribution >= 4 is 0 Å². The van der Waals surface area contributed by atoms with Crippen molar-refractivity contribution in [2.45, 2.75) is 53.7 Å². The number of nitrogens with zero attached hydrogens (tertiary/aromatic N) is 2. The summed E-state index contributed by atoms with van der Waals surface area (Å²) >= 11 is 0. The number of aromatic nitrogens is 2. The summed E-state index contributed by atoms with van der Waals surface area (Å²) < 4.78 is 1.97. The van der Waals surface area contributed by atoms with Crippen LogP contribution in [0.25, 0.3) is 0 Å². The molecule has 0 aliphatic heterocycles. The first-order valence-electron chi connectivity index (χ1n) is 7.21. The maximum atomic E-state index is 10.6. The molecule has 0 aliphatic rings. The summed E-state index contributed by atoms with van der Waals surface area (Å²) in [4.78, 5) is 0. The molecule has 0 aliphatic carbocycles. The maximum Gasteiger partial charge on any atom is 0.0847 e. The zero-order valence-corrected chi connectivity index (χ0v) is 13.1. The third kappa shape index (κ3) is 2.93. The molecule has 0 saturated carbocycles. The molecule has 3 nitrogen and oxygen atoms in total. The number of benzene rings is 1. The van der Waals surface area contributed by atoms with E-state index in [1.165, 1.54) is 11.1 Å². The van der Waals surface area contributed by atoms with Gasteiger partial charge in [0, 0.05) is 18.7 Å². The van der Waals surface area contributed by atoms with Crippen molar-refractivity contribution in [1.82, 2.24) is 9.78 Å². The van der Waals surface area contributed by atoms with Crippen LogP contribution in [0.15, 0.2) is 18.2 Å². The molecule has 3 heteroatoms. The van der Waals surface area contributed by atoms with Gasteiger partial charge in [0.1, 0.15) is 0 Å². The van der Waals surface area contributed by atoms with Crippen LogP contribution in [0.4, 0.5) is 0 Å². The van der Waals surface area contributed by atoms with Crippen LogP contribution in [0, 0.1) is 27.7 Å². The number of hydrogen-bond acceptors (Lipinski definition) is 2. The summed E-state index contributed by atoms with van der Waals surface area (Å²) in [6.07, 6.45) is 0.133. The molecule has 1 atom stereocenters. The Hall–Kier alpha value is -1.61. The van der Waals surface area contributed by atoms with Gasteiger partial charge in [-0.05, 0) is 62.9 Å². The fourth-order valence-electron chi connectivity index (χ4n) is 2.69. The van der Waals surface area contributed by atoms with Gasteiger partial charge in [-0.25, -0.2) is 0 Å². The highest BCUT2D eigenvalue weighted by Crippen LogP contribution is 2.25. The summed E-state index contributed by atoms with van der Waals surface area (Å²) in [7, 11) is 0. The fraction of sp³-hybridized carbons (Fsp3) is 0.471. The Bertz CT molecular complexity index is 614. The molecule has 2 rings (SSSR count). The lowest BCUT2D eigenvalue weighted by Gasteiger charge is -2.16. The number of hydrogen-bond donors (Lipinski definition) is 1. The normalized spacial score (nSPS) is 12.7. The van der Waals surface area contributed by atoms with Crippen LogP contribution in [0.5, 0.6) is 0 Å². The SMILES string of the molecule is CCn1nc(C)cc1CC(O)c1cc(C)c(C)cc1C. The van der Waals surface area contributed by atoms with E-state index in [1.807, 2.05) is 11.6 Å². The Kier molecular flexibility index (Phi) is 4.29. The van der Waals surface area contributed by atoms with Crippen molar-refractivity contribution in [3.8, 4) is 0 Å². The van der Waals surface area contributed by atoms with Gasteiger partial charge in [0.2, 0.25) is 0 Å². The minimum atomic E-state index is -0.476. The van der Waals surface area contributed by atoms with E-state index in [-0.39, 0.29) is 0 Å². The summed E-state index contributed by atoms with van der Waals surface area (Å²) in [5.41, 5.74) is 6.77. The lowest BCUT2D eigenvalue weighted by Crippen LogP contribution is -2.10. The van der Waals surface area contributed by atoms with Crippen LogP contribution in [-0.4, -0.2) is 14.9 Å². The molecule has 0 amide bonds. The predicted octanol–water partition coefficient (Wildman–Crippen LogP) is 3.41. The molecule has 1 aromatic heterocycles. The van der Waals surface area contributed by atoms with E-state index < -0.39 is 6.10 Å². The van der Waals surface area contributed by atoms with Gasteiger partial charge in [-0.3, -0.25) is 4.68 Å². The van der Waals surface area contributed by atoms with E-state index in [0.717, 1.165) is 29.1 Å². The zero-order chi connectivity index (χ0) is 14.9. The summed E-state index contributed by atoms with van der Waals surface area (Å²) in [5, 5.41) is 15.0. The monoisotopic (exact) mass is 272 g/mol. The number of rotatable bonds is 4. The van der Waals surface area contributed by atoms with Crippen molar-refractivity contribution in [3.05, 3.63) is 51.8 Å². The van der Waals surface area contributed by atoms with E-state index in [4.69, 9.17) is 0 Å². The second kappa shape index (κ2) is 5.80. The van der Waals surface area contributed by atoms with E-state index in [1.54, 1.807) is 0 Å². The van der Waals surface area contributed by atoms with Gasteiger partial charge < -0.3 is 5.11 Å². The molecule has 20 heavy (non-hydrogen) atoms. The molecule has 0 radical (unpaired) electrons. The van der Waals surface area contributed by atoms with Crippen LogP contribution >= 0.6 is 0 Å². The average Bonchev–Trinajstić information content (AvgIpc) is 2.73. The van der Waals surface area contributed by atoms with Crippen molar-refractivity contribution < 1.29 is 5.11 Å². The van der Waals surface area contributed by atoms with Gasteiger partial charge >= 0.3 is 0 Å². The molecule has 1 aromatic carbocycles. The molecule has 1 heterocycles. The van der Waals surface area contributed by atoms with E-state index in [0.29, 0.717) is 6.42 Å². The predicted molar refractivity (Wildman–Crippen MR) is 82.0 cm³/mol. The van der Waals surface area contributed by atoms with Gasteiger partial charge in [-0.15, -0.1) is 0 Å². The van der Waals surface area contributed by atoms with E-state index in [2.05, 4.69) is 51.0 Å². The van der Waals surface area contributed by atoms with Crippen LogP contribution in [-0.2, 0) is 13.0 Å². The molecule has 0 saturated heterocycles. The highest BCUT2D eigenvalue weighted by Gasteiger charge is 2.15. The lowest BCUT2D eigenvalue weighted by molar-refractivity contribution is 0.174. The number of aryl methyl sites for hydroxylation is 5. The minimum Gasteiger partial charge on any atom is -0.388 e. The Labute approximate surface area is 121 Å². The van der Waals surface area contributed by atoms with Gasteiger partial charge in [-0.1, -0.05) is 12.1 Å². The molecule has 1 unspecified atom stereocenters. The third-order valence-corrected chi connectivity index (χ3v) is 3.93. The second-order valence-electron chi connectivity index (χ2n) is 5.61. The average molecular weight is 272 g/mol. The standard InChI is InChI=1S/C17H24N2O/c1-6-19-15(9-14(5)18-19)10-17(20)16-8-12(3)11(2)7-13(16)4/h7-9,17,20H,6,10H2,1-5H3. The first-order valence-corrected chi connectivity index (χ1v) is 7.21. The summed E-state index contributed by atoms with van der Waals surface area (Å²) in [6.45, 7) is 11.2. The summed E-state index contributed by atoms with van der Waals surface area (Å²) in [6, 6.07) is 6.31. The van der Waals surface area contributed by atoms with Gasteiger partial charge in [0.05, 0.1) is 11.8 Å². The molecule has 108 valence electrons. The third-order valence-electron chi connectivity index (χ3n) is 3.93. The Morgan fingerprint density at radius 3 is 2.35 bits per heavy atom. The van der Waals surface area contributed by atoms with Crippen molar-refractivity contribution in [2.24, 2.45) is 0 Å². The summed E-state index contributed by atoms with van der Waals surface area (Å²) in [5.74, 6) is 0. The van der Waals surface area contributed by atoms with Crippen molar-refractivity contribution in [3.63, 3.8) is 0 Å². The highest BCUT2D eigenvalue weighted by molar-refractivity contribution is 5.38. The molecule has 0 spiro atoms. The van der Waals surface area contributed by atoms with Gasteiger partial charge in [0.15, 0.2) is 0 Å². The Balaban J connectivity index is 2.28. The van der Waals surface area contributed by atoms with E-state index >= 15 is 0 Å². The van der Waals surface area contributed by atoms with Gasteiger partial charge in [-0.2, -0.15) is 5.10 Å². The quantitative estimate of drug-likeness (QED) is 0.926. The first-order chi connectivity index (χ1) is 9.42. The zero-order valence-electron chi connectivity index (χ0n) is 13.1. The molecule has 0 fully saturated rings. The Morgan fingerprint density at radius 2 is 1.70 bits per heavy atom. The molecule has 0 bridgehead atoms. The Morgan fingerprint density at radius 1 is 1.05 bits per heavy atom. The molecule has 2 aromatic rings. The number of aliphatic hydroxyl groups is 1. The number of aliphatic hydroxyl groups excluding tert-OH is 1. The van der Waals surface area contributed by atoms with E-state index in [9.17, 15) is 5.11 Å². The highest BCUT2D eigenvalue weighted by atomic mass is 16.3. The largest absolute Gasteiger partial charge is 0.388 e. The molecular formula is C17H24N2O. The van der Waals surface area contributed by atoms with Crippen molar-refractivity contribution in [1.29, 1.82) is 0 Å². The van der Waals surface area contributed by atoms with Crippen LogP contribution in [0.1, 0.15) is 46.7 Å². The van der Waals surface area contributed by atoms with Crippen molar-refractivity contribution in [2.75, 3.05) is 0 Å².